The SMILES string of the molecule is CCCCCCCCCCCCOC(C(=O)OOCC)C(C(=O)O)S(=O)(=O)O.[H-].[H-].[H-].[Na+].[Na+].[Na+]. The summed E-state index contributed by atoms with van der Waals surface area (Å²) in [5, 5.41) is 6.58. The van der Waals surface area contributed by atoms with Crippen molar-refractivity contribution in [2.24, 2.45) is 0 Å². The molecule has 0 aliphatic rings. The van der Waals surface area contributed by atoms with E-state index in [2.05, 4.69) is 16.7 Å². The normalized spacial score (nSPS) is 12.5. The molecule has 2 atom stereocenters. The van der Waals surface area contributed by atoms with Crippen LogP contribution in [0.1, 0.15) is 82.3 Å². The van der Waals surface area contributed by atoms with Gasteiger partial charge in [0.2, 0.25) is 5.25 Å². The molecular formula is C18H37Na3O9S. The molecule has 13 heteroatoms. The number of aliphatic carboxylic acids is 1. The largest absolute Gasteiger partial charge is 1.00 e. The molecule has 0 radical (unpaired) electrons. The Morgan fingerprint density at radius 1 is 0.871 bits per heavy atom. The molecule has 0 aliphatic carbocycles. The molecule has 9 nitrogen and oxygen atoms in total. The molecule has 0 saturated carbocycles. The van der Waals surface area contributed by atoms with E-state index in [1.165, 1.54) is 39.0 Å². The first kappa shape index (κ1) is 40.0. The second-order valence-corrected chi connectivity index (χ2v) is 8.09. The van der Waals surface area contributed by atoms with Crippen LogP contribution < -0.4 is 88.7 Å². The monoisotopic (exact) mass is 498 g/mol. The maximum Gasteiger partial charge on any atom is 1.00 e. The van der Waals surface area contributed by atoms with E-state index < -0.39 is 33.4 Å². The number of ether oxygens (including phenoxy) is 1. The number of carbonyl (C=O) groups is 2. The summed E-state index contributed by atoms with van der Waals surface area (Å²) in [7, 11) is -5.08. The van der Waals surface area contributed by atoms with E-state index in [9.17, 15) is 18.0 Å². The second kappa shape index (κ2) is 24.9. The van der Waals surface area contributed by atoms with Crippen LogP contribution in [0.25, 0.3) is 0 Å². The fourth-order valence-electron chi connectivity index (χ4n) is 2.66. The standard InChI is InChI=1S/C18H34O9S.3Na.3H/c1-3-5-6-7-8-9-10-11-12-13-14-25-15(18(21)27-26-4-2)16(17(19)20)28(22,23)24;;;;;;/h15-16H,3-14H2,1-2H3,(H,19,20)(H,22,23,24);;;;;;/q;3*+1;3*-1. The first-order chi connectivity index (χ1) is 13.3. The van der Waals surface area contributed by atoms with Gasteiger partial charge in [0, 0.05) is 6.61 Å². The Morgan fingerprint density at radius 3 is 1.71 bits per heavy atom. The Kier molecular flexibility index (Phi) is 32.1. The number of unbranched alkanes of at least 4 members (excludes halogenated alkanes) is 9. The summed E-state index contributed by atoms with van der Waals surface area (Å²) >= 11 is 0. The Balaban J connectivity index is -0.000000243. The fourth-order valence-corrected chi connectivity index (χ4v) is 3.41. The molecule has 0 aromatic heterocycles. The van der Waals surface area contributed by atoms with Gasteiger partial charge in [-0.2, -0.15) is 13.3 Å². The van der Waals surface area contributed by atoms with Crippen molar-refractivity contribution in [3.8, 4) is 0 Å². The van der Waals surface area contributed by atoms with Crippen molar-refractivity contribution in [2.75, 3.05) is 13.2 Å². The predicted molar refractivity (Wildman–Crippen MR) is 106 cm³/mol. The Morgan fingerprint density at radius 2 is 1.32 bits per heavy atom. The summed E-state index contributed by atoms with van der Waals surface area (Å²) in [5.41, 5.74) is 0. The average molecular weight is 499 g/mol. The molecule has 31 heavy (non-hydrogen) atoms. The zero-order valence-corrected chi connectivity index (χ0v) is 26.6. The topological polar surface area (TPSA) is 136 Å². The summed E-state index contributed by atoms with van der Waals surface area (Å²) in [4.78, 5) is 31.9. The van der Waals surface area contributed by atoms with Crippen LogP contribution in [0.2, 0.25) is 0 Å². The zero-order chi connectivity index (χ0) is 21.4. The number of carboxylic acid groups (broad SMARTS) is 1. The first-order valence-corrected chi connectivity index (χ1v) is 11.4. The third-order valence-electron chi connectivity index (χ3n) is 4.13. The van der Waals surface area contributed by atoms with Gasteiger partial charge < -0.3 is 14.1 Å². The smallest absolute Gasteiger partial charge is 1.00 e. The van der Waals surface area contributed by atoms with Crippen LogP contribution >= 0.6 is 0 Å². The molecule has 0 aromatic rings. The maximum atomic E-state index is 11.9. The average Bonchev–Trinajstić information content (AvgIpc) is 2.61. The fraction of sp³-hybridized carbons (Fsp3) is 0.889. The van der Waals surface area contributed by atoms with Gasteiger partial charge >= 0.3 is 101 Å². The van der Waals surface area contributed by atoms with Crippen molar-refractivity contribution in [3.63, 3.8) is 0 Å². The molecule has 0 rings (SSSR count). The molecule has 0 saturated heterocycles. The van der Waals surface area contributed by atoms with Crippen LogP contribution in [0.3, 0.4) is 0 Å². The van der Waals surface area contributed by atoms with Gasteiger partial charge in [0.05, 0.1) is 6.61 Å². The van der Waals surface area contributed by atoms with E-state index in [1.54, 1.807) is 0 Å². The molecule has 0 amide bonds. The quantitative estimate of drug-likeness (QED) is 0.0624. The molecule has 0 fully saturated rings. The molecule has 2 N–H and O–H groups in total. The van der Waals surface area contributed by atoms with Crippen molar-refractivity contribution in [1.29, 1.82) is 0 Å². The zero-order valence-electron chi connectivity index (χ0n) is 22.8. The van der Waals surface area contributed by atoms with Gasteiger partial charge in [-0.3, -0.25) is 14.2 Å². The number of carbonyl (C=O) groups excluding carboxylic acids is 1. The summed E-state index contributed by atoms with van der Waals surface area (Å²) in [6, 6.07) is 0. The molecule has 0 bridgehead atoms. The van der Waals surface area contributed by atoms with E-state index in [-0.39, 0.29) is 106 Å². The minimum absolute atomic E-state index is 0. The van der Waals surface area contributed by atoms with Crippen molar-refractivity contribution in [2.45, 2.75) is 89.4 Å². The van der Waals surface area contributed by atoms with Gasteiger partial charge in [-0.05, 0) is 13.3 Å². The van der Waals surface area contributed by atoms with Gasteiger partial charge in [0.1, 0.15) is 0 Å². The van der Waals surface area contributed by atoms with Crippen LogP contribution in [0, 0.1) is 0 Å². The van der Waals surface area contributed by atoms with Gasteiger partial charge in [0.15, 0.2) is 6.10 Å². The van der Waals surface area contributed by atoms with Crippen LogP contribution in [-0.2, 0) is 34.2 Å². The second-order valence-electron chi connectivity index (χ2n) is 6.56. The Bertz CT molecular complexity index is 562. The van der Waals surface area contributed by atoms with Crippen LogP contribution in [-0.4, -0.2) is 54.6 Å². The summed E-state index contributed by atoms with van der Waals surface area (Å²) in [5.74, 6) is -3.23. The minimum atomic E-state index is -5.08. The summed E-state index contributed by atoms with van der Waals surface area (Å²) in [6.07, 6.45) is 8.69. The summed E-state index contributed by atoms with van der Waals surface area (Å²) < 4.78 is 37.0. The van der Waals surface area contributed by atoms with E-state index in [4.69, 9.17) is 14.4 Å². The molecule has 0 aliphatic heterocycles. The van der Waals surface area contributed by atoms with Gasteiger partial charge in [-0.15, -0.1) is 0 Å². The van der Waals surface area contributed by atoms with E-state index in [0.717, 1.165) is 25.7 Å². The van der Waals surface area contributed by atoms with Crippen molar-refractivity contribution in [3.05, 3.63) is 0 Å². The van der Waals surface area contributed by atoms with Crippen LogP contribution in [0.4, 0.5) is 0 Å². The summed E-state index contributed by atoms with van der Waals surface area (Å²) in [6.45, 7) is 3.64. The number of hydrogen-bond acceptors (Lipinski definition) is 7. The number of carboxylic acids is 1. The van der Waals surface area contributed by atoms with E-state index in [1.807, 2.05) is 0 Å². The first-order valence-electron chi connectivity index (χ1n) is 9.89. The maximum absolute atomic E-state index is 11.9. The molecule has 0 spiro atoms. The molecule has 0 heterocycles. The molecule has 172 valence electrons. The number of rotatable bonds is 18. The third kappa shape index (κ3) is 20.8. The minimum Gasteiger partial charge on any atom is -1.00 e. The van der Waals surface area contributed by atoms with Gasteiger partial charge in [0.25, 0.3) is 10.1 Å². The third-order valence-corrected chi connectivity index (χ3v) is 5.22. The predicted octanol–water partition coefficient (Wildman–Crippen LogP) is -5.52. The van der Waals surface area contributed by atoms with Crippen LogP contribution in [0.5, 0.6) is 0 Å². The Labute approximate surface area is 257 Å². The van der Waals surface area contributed by atoms with Crippen molar-refractivity contribution in [1.82, 2.24) is 0 Å². The van der Waals surface area contributed by atoms with E-state index in [0.29, 0.717) is 6.42 Å². The van der Waals surface area contributed by atoms with E-state index >= 15 is 0 Å². The Hall–Kier alpha value is 1.77. The van der Waals surface area contributed by atoms with Crippen LogP contribution in [0.15, 0.2) is 0 Å². The molecule has 2 unspecified atom stereocenters. The number of hydrogen-bond donors (Lipinski definition) is 2. The van der Waals surface area contributed by atoms with Crippen molar-refractivity contribution >= 4 is 22.1 Å². The van der Waals surface area contributed by atoms with Crippen molar-refractivity contribution < 1.29 is 135 Å². The van der Waals surface area contributed by atoms with Gasteiger partial charge in [-0.25, -0.2) is 4.79 Å². The molecular weight excluding hydrogens is 461 g/mol. The molecule has 0 aromatic carbocycles. The van der Waals surface area contributed by atoms with Gasteiger partial charge in [-0.1, -0.05) is 64.7 Å².